The van der Waals surface area contributed by atoms with E-state index in [9.17, 15) is 5.11 Å². The van der Waals surface area contributed by atoms with Crippen molar-refractivity contribution in [1.29, 1.82) is 0 Å². The molecule has 0 bridgehead atoms. The van der Waals surface area contributed by atoms with Crippen LogP contribution in [0.5, 0.6) is 5.75 Å². The molecule has 3 aromatic carbocycles. The SMILES string of the molecule is Cc1ccc(COc2ccc(CNC[C@H](O)c3ccccc3)cc2)cc1. The zero-order valence-electron chi connectivity index (χ0n) is 15.1. The number of aryl methyl sites for hydroxylation is 1. The Morgan fingerprint density at radius 1 is 0.846 bits per heavy atom. The molecular weight excluding hydrogens is 322 g/mol. The molecule has 3 rings (SSSR count). The van der Waals surface area contributed by atoms with Gasteiger partial charge in [-0.1, -0.05) is 72.3 Å². The Bertz CT molecular complexity index is 783. The summed E-state index contributed by atoms with van der Waals surface area (Å²) in [6, 6.07) is 26.1. The second-order valence-corrected chi connectivity index (χ2v) is 6.48. The highest BCUT2D eigenvalue weighted by Crippen LogP contribution is 2.15. The molecule has 0 aliphatic rings. The van der Waals surface area contributed by atoms with Crippen LogP contribution in [0, 0.1) is 6.92 Å². The number of aliphatic hydroxyl groups excluding tert-OH is 1. The summed E-state index contributed by atoms with van der Waals surface area (Å²) in [6.07, 6.45) is -0.492. The van der Waals surface area contributed by atoms with Crippen molar-refractivity contribution in [3.63, 3.8) is 0 Å². The molecule has 0 heterocycles. The topological polar surface area (TPSA) is 41.5 Å². The maximum Gasteiger partial charge on any atom is 0.119 e. The largest absolute Gasteiger partial charge is 0.489 e. The van der Waals surface area contributed by atoms with Crippen molar-refractivity contribution in [2.45, 2.75) is 26.2 Å². The number of nitrogens with one attached hydrogen (secondary N) is 1. The summed E-state index contributed by atoms with van der Waals surface area (Å²) in [7, 11) is 0. The van der Waals surface area contributed by atoms with Crippen LogP contribution >= 0.6 is 0 Å². The second-order valence-electron chi connectivity index (χ2n) is 6.48. The lowest BCUT2D eigenvalue weighted by Crippen LogP contribution is -2.20. The van der Waals surface area contributed by atoms with Gasteiger partial charge in [0.25, 0.3) is 0 Å². The third kappa shape index (κ3) is 5.45. The minimum atomic E-state index is -0.492. The van der Waals surface area contributed by atoms with E-state index in [0.29, 0.717) is 19.7 Å². The Morgan fingerprint density at radius 3 is 2.19 bits per heavy atom. The smallest absolute Gasteiger partial charge is 0.119 e. The quantitative estimate of drug-likeness (QED) is 0.635. The molecule has 0 fully saturated rings. The van der Waals surface area contributed by atoms with Crippen molar-refractivity contribution in [1.82, 2.24) is 5.32 Å². The van der Waals surface area contributed by atoms with Crippen molar-refractivity contribution in [2.75, 3.05) is 6.54 Å². The first-order valence-corrected chi connectivity index (χ1v) is 8.92. The van der Waals surface area contributed by atoms with E-state index in [1.54, 1.807) is 0 Å². The molecule has 1 atom stereocenters. The van der Waals surface area contributed by atoms with Gasteiger partial charge in [0.05, 0.1) is 6.10 Å². The predicted molar refractivity (Wildman–Crippen MR) is 105 cm³/mol. The normalized spacial score (nSPS) is 11.9. The van der Waals surface area contributed by atoms with Crippen LogP contribution in [-0.2, 0) is 13.2 Å². The molecule has 0 spiro atoms. The van der Waals surface area contributed by atoms with Crippen molar-refractivity contribution >= 4 is 0 Å². The average Bonchev–Trinajstić information content (AvgIpc) is 2.69. The van der Waals surface area contributed by atoms with Crippen LogP contribution in [0.4, 0.5) is 0 Å². The Kier molecular flexibility index (Phi) is 6.42. The van der Waals surface area contributed by atoms with Crippen LogP contribution in [0.25, 0.3) is 0 Å². The fourth-order valence-corrected chi connectivity index (χ4v) is 2.70. The highest BCUT2D eigenvalue weighted by molar-refractivity contribution is 5.28. The molecule has 3 heteroatoms. The van der Waals surface area contributed by atoms with Gasteiger partial charge in [-0.25, -0.2) is 0 Å². The van der Waals surface area contributed by atoms with Gasteiger partial charge >= 0.3 is 0 Å². The number of aliphatic hydroxyl groups is 1. The lowest BCUT2D eigenvalue weighted by atomic mass is 10.1. The van der Waals surface area contributed by atoms with E-state index in [2.05, 4.69) is 36.5 Å². The Labute approximate surface area is 155 Å². The summed E-state index contributed by atoms with van der Waals surface area (Å²) < 4.78 is 5.83. The van der Waals surface area contributed by atoms with Gasteiger partial charge in [-0.15, -0.1) is 0 Å². The minimum Gasteiger partial charge on any atom is -0.489 e. The van der Waals surface area contributed by atoms with Gasteiger partial charge in [0.2, 0.25) is 0 Å². The Balaban J connectivity index is 1.43. The molecule has 134 valence electrons. The van der Waals surface area contributed by atoms with Crippen LogP contribution in [0.2, 0.25) is 0 Å². The minimum absolute atomic E-state index is 0.492. The first-order chi connectivity index (χ1) is 12.7. The van der Waals surface area contributed by atoms with Crippen LogP contribution in [-0.4, -0.2) is 11.7 Å². The van der Waals surface area contributed by atoms with E-state index in [0.717, 1.165) is 22.4 Å². The molecule has 0 radical (unpaired) electrons. The molecule has 26 heavy (non-hydrogen) atoms. The van der Waals surface area contributed by atoms with Crippen LogP contribution < -0.4 is 10.1 Å². The van der Waals surface area contributed by atoms with E-state index in [4.69, 9.17) is 4.74 Å². The fraction of sp³-hybridized carbons (Fsp3) is 0.217. The molecule has 0 amide bonds. The monoisotopic (exact) mass is 347 g/mol. The molecular formula is C23H25NO2. The lowest BCUT2D eigenvalue weighted by molar-refractivity contribution is 0.174. The van der Waals surface area contributed by atoms with Crippen LogP contribution in [0.15, 0.2) is 78.9 Å². The van der Waals surface area contributed by atoms with Crippen molar-refractivity contribution in [2.24, 2.45) is 0 Å². The zero-order valence-corrected chi connectivity index (χ0v) is 15.1. The molecule has 3 nitrogen and oxygen atoms in total. The van der Waals surface area contributed by atoms with Gasteiger partial charge in [0.1, 0.15) is 12.4 Å². The highest BCUT2D eigenvalue weighted by atomic mass is 16.5. The molecule has 0 saturated carbocycles. The van der Waals surface area contributed by atoms with E-state index in [-0.39, 0.29) is 0 Å². The third-order valence-corrected chi connectivity index (χ3v) is 4.30. The molecule has 3 aromatic rings. The summed E-state index contributed by atoms with van der Waals surface area (Å²) in [6.45, 7) is 3.88. The summed E-state index contributed by atoms with van der Waals surface area (Å²) in [4.78, 5) is 0. The molecule has 0 aromatic heterocycles. The number of hydrogen-bond donors (Lipinski definition) is 2. The lowest BCUT2D eigenvalue weighted by Gasteiger charge is -2.12. The number of ether oxygens (including phenoxy) is 1. The first-order valence-electron chi connectivity index (χ1n) is 8.92. The van der Waals surface area contributed by atoms with E-state index >= 15 is 0 Å². The van der Waals surface area contributed by atoms with E-state index < -0.39 is 6.10 Å². The highest BCUT2D eigenvalue weighted by Gasteiger charge is 2.06. The Hall–Kier alpha value is -2.62. The number of rotatable bonds is 8. The summed E-state index contributed by atoms with van der Waals surface area (Å²) in [5.41, 5.74) is 4.51. The van der Waals surface area contributed by atoms with Gasteiger partial charge in [0.15, 0.2) is 0 Å². The summed E-state index contributed by atoms with van der Waals surface area (Å²) >= 11 is 0. The summed E-state index contributed by atoms with van der Waals surface area (Å²) in [5.74, 6) is 0.860. The fourth-order valence-electron chi connectivity index (χ4n) is 2.70. The number of benzene rings is 3. The van der Waals surface area contributed by atoms with Gasteiger partial charge in [0, 0.05) is 13.1 Å². The first kappa shape index (κ1) is 18.2. The zero-order chi connectivity index (χ0) is 18.2. The molecule has 0 saturated heterocycles. The standard InChI is InChI=1S/C23H25NO2/c1-18-7-9-20(10-8-18)17-26-22-13-11-19(12-14-22)15-24-16-23(25)21-5-3-2-4-6-21/h2-14,23-25H,15-17H2,1H3/t23-/m0/s1. The van der Waals surface area contributed by atoms with Crippen molar-refractivity contribution in [3.05, 3.63) is 101 Å². The Morgan fingerprint density at radius 2 is 1.50 bits per heavy atom. The second kappa shape index (κ2) is 9.18. The maximum absolute atomic E-state index is 10.2. The van der Waals surface area contributed by atoms with E-state index in [1.807, 2.05) is 54.6 Å². The van der Waals surface area contributed by atoms with Gasteiger partial charge in [-0.05, 0) is 35.7 Å². The van der Waals surface area contributed by atoms with Crippen molar-refractivity contribution in [3.8, 4) is 5.75 Å². The maximum atomic E-state index is 10.2. The predicted octanol–water partition coefficient (Wildman–Crippen LogP) is 4.40. The van der Waals surface area contributed by atoms with Gasteiger partial charge < -0.3 is 15.2 Å². The van der Waals surface area contributed by atoms with Crippen LogP contribution in [0.3, 0.4) is 0 Å². The molecule has 0 aliphatic heterocycles. The molecule has 0 unspecified atom stereocenters. The van der Waals surface area contributed by atoms with E-state index in [1.165, 1.54) is 5.56 Å². The van der Waals surface area contributed by atoms with Crippen molar-refractivity contribution < 1.29 is 9.84 Å². The third-order valence-electron chi connectivity index (χ3n) is 4.30. The average molecular weight is 347 g/mol. The number of hydrogen-bond acceptors (Lipinski definition) is 3. The molecule has 2 N–H and O–H groups in total. The van der Waals surface area contributed by atoms with Crippen LogP contribution in [0.1, 0.15) is 28.4 Å². The van der Waals surface area contributed by atoms with Gasteiger partial charge in [-0.3, -0.25) is 0 Å². The summed E-state index contributed by atoms with van der Waals surface area (Å²) in [5, 5.41) is 13.4. The van der Waals surface area contributed by atoms with Gasteiger partial charge in [-0.2, -0.15) is 0 Å². The molecule has 0 aliphatic carbocycles.